The van der Waals surface area contributed by atoms with Crippen molar-refractivity contribution >= 4 is 37.6 Å². The molecule has 0 aliphatic carbocycles. The van der Waals surface area contributed by atoms with E-state index in [-0.39, 0.29) is 15.8 Å². The van der Waals surface area contributed by atoms with Crippen LogP contribution in [0, 0.1) is 11.6 Å². The Hall–Kier alpha value is -1.27. The van der Waals surface area contributed by atoms with Gasteiger partial charge in [0, 0.05) is 8.95 Å². The first kappa shape index (κ1) is 16.1. The molecule has 2 nitrogen and oxygen atoms in total. The van der Waals surface area contributed by atoms with Crippen LogP contribution in [0.3, 0.4) is 0 Å². The molecule has 0 spiro atoms. The van der Waals surface area contributed by atoms with Crippen molar-refractivity contribution < 1.29 is 18.3 Å². The van der Waals surface area contributed by atoms with E-state index in [1.807, 2.05) is 0 Å². The molecule has 21 heavy (non-hydrogen) atoms. The minimum Gasteiger partial charge on any atom is -0.493 e. The number of ketones is 1. The average Bonchev–Trinajstić information content (AvgIpc) is 2.39. The monoisotopic (exact) mass is 418 g/mol. The molecular formula is C15H10Br2F2O2. The Kier molecular flexibility index (Phi) is 5.11. The van der Waals surface area contributed by atoms with E-state index in [0.29, 0.717) is 11.1 Å². The molecule has 0 unspecified atom stereocenters. The smallest absolute Gasteiger partial charge is 0.202 e. The Labute approximate surface area is 137 Å². The van der Waals surface area contributed by atoms with Gasteiger partial charge in [-0.25, -0.2) is 8.78 Å². The van der Waals surface area contributed by atoms with Gasteiger partial charge in [0.15, 0.2) is 0 Å². The fourth-order valence-electron chi connectivity index (χ4n) is 1.85. The number of hydrogen-bond donors (Lipinski definition) is 0. The summed E-state index contributed by atoms with van der Waals surface area (Å²) in [5.74, 6) is -2.32. The van der Waals surface area contributed by atoms with E-state index in [9.17, 15) is 13.6 Å². The highest BCUT2D eigenvalue weighted by molar-refractivity contribution is 9.10. The van der Waals surface area contributed by atoms with Gasteiger partial charge in [-0.2, -0.15) is 0 Å². The van der Waals surface area contributed by atoms with Gasteiger partial charge in [0.2, 0.25) is 5.78 Å². The Morgan fingerprint density at radius 1 is 1.10 bits per heavy atom. The Bertz CT molecular complexity index is 679. The first-order valence-electron chi connectivity index (χ1n) is 6.05. The fourth-order valence-corrected chi connectivity index (χ4v) is 2.62. The summed E-state index contributed by atoms with van der Waals surface area (Å²) in [6, 6.07) is 6.85. The molecule has 2 aromatic rings. The molecule has 0 saturated carbocycles. The molecule has 0 aromatic heterocycles. The van der Waals surface area contributed by atoms with Crippen molar-refractivity contribution in [1.29, 1.82) is 0 Å². The standard InChI is InChI=1S/C15H10Br2F2O2/c1-2-21-13-4-3-8(16)5-10(13)15(20)14-11(18)6-9(17)7-12(14)19/h3-7H,2H2,1H3. The van der Waals surface area contributed by atoms with Crippen molar-refractivity contribution in [1.82, 2.24) is 0 Å². The van der Waals surface area contributed by atoms with Crippen LogP contribution in [0.4, 0.5) is 8.78 Å². The van der Waals surface area contributed by atoms with Crippen LogP contribution < -0.4 is 4.74 Å². The second kappa shape index (κ2) is 6.66. The van der Waals surface area contributed by atoms with Crippen LogP contribution in [0.25, 0.3) is 0 Å². The molecule has 0 aliphatic heterocycles. The van der Waals surface area contributed by atoms with E-state index >= 15 is 0 Å². The van der Waals surface area contributed by atoms with E-state index in [2.05, 4.69) is 31.9 Å². The SMILES string of the molecule is CCOc1ccc(Br)cc1C(=O)c1c(F)cc(Br)cc1F. The number of carbonyl (C=O) groups excluding carboxylic acids is 1. The zero-order chi connectivity index (χ0) is 15.6. The Balaban J connectivity index is 2.57. The predicted molar refractivity (Wildman–Crippen MR) is 82.8 cm³/mol. The summed E-state index contributed by atoms with van der Waals surface area (Å²) in [6.07, 6.45) is 0. The zero-order valence-corrected chi connectivity index (χ0v) is 14.1. The van der Waals surface area contributed by atoms with Crippen LogP contribution >= 0.6 is 31.9 Å². The zero-order valence-electron chi connectivity index (χ0n) is 10.9. The first-order chi connectivity index (χ1) is 9.93. The Morgan fingerprint density at radius 3 is 2.29 bits per heavy atom. The van der Waals surface area contributed by atoms with E-state index in [1.54, 1.807) is 19.1 Å². The van der Waals surface area contributed by atoms with Gasteiger partial charge in [0.05, 0.1) is 17.7 Å². The molecular weight excluding hydrogens is 410 g/mol. The minimum absolute atomic E-state index is 0.103. The highest BCUT2D eigenvalue weighted by Crippen LogP contribution is 2.28. The number of ether oxygens (including phenoxy) is 1. The third-order valence-corrected chi connectivity index (χ3v) is 3.67. The molecule has 6 heteroatoms. The fraction of sp³-hybridized carbons (Fsp3) is 0.133. The maximum Gasteiger partial charge on any atom is 0.202 e. The lowest BCUT2D eigenvalue weighted by atomic mass is 10.0. The predicted octanol–water partition coefficient (Wildman–Crippen LogP) is 5.12. The van der Waals surface area contributed by atoms with Crippen molar-refractivity contribution in [3.63, 3.8) is 0 Å². The van der Waals surface area contributed by atoms with Gasteiger partial charge in [-0.3, -0.25) is 4.79 Å². The van der Waals surface area contributed by atoms with Crippen molar-refractivity contribution in [3.8, 4) is 5.75 Å². The second-order valence-electron chi connectivity index (χ2n) is 4.15. The number of benzene rings is 2. The first-order valence-corrected chi connectivity index (χ1v) is 7.64. The van der Waals surface area contributed by atoms with Crippen molar-refractivity contribution in [3.05, 3.63) is 62.0 Å². The summed E-state index contributed by atoms with van der Waals surface area (Å²) in [6.45, 7) is 2.10. The van der Waals surface area contributed by atoms with Crippen molar-refractivity contribution in [2.45, 2.75) is 6.92 Å². The largest absolute Gasteiger partial charge is 0.493 e. The molecule has 0 bridgehead atoms. The van der Waals surface area contributed by atoms with E-state index in [4.69, 9.17) is 4.74 Å². The van der Waals surface area contributed by atoms with E-state index in [0.717, 1.165) is 12.1 Å². The lowest BCUT2D eigenvalue weighted by Crippen LogP contribution is -2.10. The minimum atomic E-state index is -0.922. The summed E-state index contributed by atoms with van der Waals surface area (Å²) in [4.78, 5) is 12.5. The molecule has 0 N–H and O–H groups in total. The summed E-state index contributed by atoms with van der Waals surface area (Å²) in [5, 5.41) is 0. The lowest BCUT2D eigenvalue weighted by Gasteiger charge is -2.11. The molecule has 0 saturated heterocycles. The summed E-state index contributed by atoms with van der Waals surface area (Å²) in [7, 11) is 0. The van der Waals surface area contributed by atoms with Gasteiger partial charge >= 0.3 is 0 Å². The molecule has 0 radical (unpaired) electrons. The summed E-state index contributed by atoms with van der Waals surface area (Å²) in [5.41, 5.74) is -0.497. The van der Waals surface area contributed by atoms with Gasteiger partial charge in [-0.05, 0) is 37.3 Å². The third-order valence-electron chi connectivity index (χ3n) is 2.72. The molecule has 0 fully saturated rings. The van der Waals surface area contributed by atoms with E-state index < -0.39 is 23.0 Å². The molecule has 0 amide bonds. The molecule has 0 heterocycles. The van der Waals surface area contributed by atoms with Gasteiger partial charge in [-0.15, -0.1) is 0 Å². The van der Waals surface area contributed by atoms with E-state index in [1.165, 1.54) is 6.07 Å². The van der Waals surface area contributed by atoms with Gasteiger partial charge in [-0.1, -0.05) is 31.9 Å². The number of hydrogen-bond acceptors (Lipinski definition) is 2. The summed E-state index contributed by atoms with van der Waals surface area (Å²) >= 11 is 6.21. The normalized spacial score (nSPS) is 10.5. The van der Waals surface area contributed by atoms with Crippen LogP contribution in [0.2, 0.25) is 0 Å². The molecule has 0 atom stereocenters. The van der Waals surface area contributed by atoms with Gasteiger partial charge in [0.25, 0.3) is 0 Å². The molecule has 0 aliphatic rings. The van der Waals surface area contributed by atoms with Crippen LogP contribution in [-0.2, 0) is 0 Å². The van der Waals surface area contributed by atoms with Crippen LogP contribution in [0.15, 0.2) is 39.3 Å². The highest BCUT2D eigenvalue weighted by atomic mass is 79.9. The number of halogens is 4. The summed E-state index contributed by atoms with van der Waals surface area (Å²) < 4.78 is 34.0. The van der Waals surface area contributed by atoms with Crippen LogP contribution in [-0.4, -0.2) is 12.4 Å². The molecule has 2 aromatic carbocycles. The lowest BCUT2D eigenvalue weighted by molar-refractivity contribution is 0.102. The van der Waals surface area contributed by atoms with Crippen molar-refractivity contribution in [2.24, 2.45) is 0 Å². The van der Waals surface area contributed by atoms with Crippen molar-refractivity contribution in [2.75, 3.05) is 6.61 Å². The average molecular weight is 420 g/mol. The molecule has 2 rings (SSSR count). The highest BCUT2D eigenvalue weighted by Gasteiger charge is 2.23. The van der Waals surface area contributed by atoms with Crippen LogP contribution in [0.5, 0.6) is 5.75 Å². The number of carbonyl (C=O) groups is 1. The van der Waals surface area contributed by atoms with Gasteiger partial charge < -0.3 is 4.74 Å². The van der Waals surface area contributed by atoms with Crippen LogP contribution in [0.1, 0.15) is 22.8 Å². The maximum atomic E-state index is 13.9. The van der Waals surface area contributed by atoms with Gasteiger partial charge in [0.1, 0.15) is 17.4 Å². The quantitative estimate of drug-likeness (QED) is 0.643. The molecule has 110 valence electrons. The number of rotatable bonds is 4. The third kappa shape index (κ3) is 3.49. The second-order valence-corrected chi connectivity index (χ2v) is 5.98. The Morgan fingerprint density at radius 2 is 1.71 bits per heavy atom. The topological polar surface area (TPSA) is 26.3 Å². The maximum absolute atomic E-state index is 13.9.